The van der Waals surface area contributed by atoms with Gasteiger partial charge in [0, 0.05) is 0 Å². The average Bonchev–Trinajstić information content (AvgIpc) is 3.39. The average molecular weight is 389 g/mol. The Hall–Kier alpha value is -1.02. The highest BCUT2D eigenvalue weighted by Crippen LogP contribution is 2.46. The van der Waals surface area contributed by atoms with Gasteiger partial charge in [-0.3, -0.25) is 0 Å². The van der Waals surface area contributed by atoms with Crippen LogP contribution in [0.5, 0.6) is 5.75 Å². The van der Waals surface area contributed by atoms with Crippen LogP contribution in [0.2, 0.25) is 0 Å². The fourth-order valence-electron chi connectivity index (χ4n) is 4.17. The van der Waals surface area contributed by atoms with Gasteiger partial charge in [0.2, 0.25) is 6.29 Å². The fraction of sp³-hybridized carbons (Fsp3) is 0.769. The Bertz CT molecular complexity index is 466. The summed E-state index contributed by atoms with van der Waals surface area (Å²) in [5.74, 6) is 0.938. The number of epoxide rings is 1. The summed E-state index contributed by atoms with van der Waals surface area (Å²) in [4.78, 5) is 0. The van der Waals surface area contributed by atoms with Crippen molar-refractivity contribution in [1.82, 2.24) is 0 Å². The summed E-state index contributed by atoms with van der Waals surface area (Å²) in [5.41, 5.74) is -0.0112. The Balaban J connectivity index is 1.68. The third-order valence-electron chi connectivity index (χ3n) is 6.11. The Morgan fingerprint density at radius 3 is 1.64 bits per heavy atom. The van der Waals surface area contributed by atoms with E-state index in [2.05, 4.69) is 13.8 Å². The third kappa shape index (κ3) is 8.99. The van der Waals surface area contributed by atoms with Crippen molar-refractivity contribution in [3.05, 3.63) is 30.3 Å². The second-order valence-electron chi connectivity index (χ2n) is 8.69. The quantitative estimate of drug-likeness (QED) is 0.186. The third-order valence-corrected chi connectivity index (χ3v) is 6.11. The number of rotatable bonds is 18. The van der Waals surface area contributed by atoms with Crippen molar-refractivity contribution >= 4 is 0 Å². The van der Waals surface area contributed by atoms with Crippen LogP contribution in [-0.2, 0) is 4.74 Å². The molecule has 28 heavy (non-hydrogen) atoms. The second-order valence-corrected chi connectivity index (χ2v) is 8.69. The van der Waals surface area contributed by atoms with E-state index in [1.54, 1.807) is 0 Å². The predicted octanol–water partition coefficient (Wildman–Crippen LogP) is 8.44. The minimum Gasteiger partial charge on any atom is -0.462 e. The number of para-hydroxylation sites is 1. The smallest absolute Gasteiger partial charge is 0.230 e. The van der Waals surface area contributed by atoms with Gasteiger partial charge < -0.3 is 9.47 Å². The molecule has 2 heteroatoms. The van der Waals surface area contributed by atoms with E-state index in [1.807, 2.05) is 30.3 Å². The Labute approximate surface area is 174 Å². The van der Waals surface area contributed by atoms with Gasteiger partial charge in [0.15, 0.2) is 0 Å². The lowest BCUT2D eigenvalue weighted by molar-refractivity contribution is 0.174. The van der Waals surface area contributed by atoms with E-state index < -0.39 is 0 Å². The monoisotopic (exact) mass is 388 g/mol. The first-order valence-electron chi connectivity index (χ1n) is 12.2. The predicted molar refractivity (Wildman–Crippen MR) is 120 cm³/mol. The number of unbranched alkanes of at least 4 members (excludes halogenated alkanes) is 12. The van der Waals surface area contributed by atoms with Crippen molar-refractivity contribution in [3.8, 4) is 5.75 Å². The molecule has 0 saturated carbocycles. The second kappa shape index (κ2) is 14.0. The van der Waals surface area contributed by atoms with Crippen molar-refractivity contribution in [2.45, 2.75) is 128 Å². The number of benzene rings is 1. The van der Waals surface area contributed by atoms with Gasteiger partial charge in [-0.2, -0.15) is 0 Å². The molecule has 2 rings (SSSR count). The van der Waals surface area contributed by atoms with Crippen molar-refractivity contribution in [2.24, 2.45) is 0 Å². The molecule has 0 aliphatic carbocycles. The van der Waals surface area contributed by atoms with Crippen molar-refractivity contribution < 1.29 is 9.47 Å². The standard InChI is InChI=1S/C26H44O2/c1-3-5-7-9-11-13-18-22-26(23-19-14-12-10-8-6-4-2)25(28-26)27-24-20-16-15-17-21-24/h15-17,20-21,25H,3-14,18-19,22-23H2,1-2H3. The largest absolute Gasteiger partial charge is 0.462 e. The van der Waals surface area contributed by atoms with E-state index in [0.29, 0.717) is 0 Å². The summed E-state index contributed by atoms with van der Waals surface area (Å²) in [6, 6.07) is 10.2. The Morgan fingerprint density at radius 1 is 0.679 bits per heavy atom. The zero-order valence-electron chi connectivity index (χ0n) is 18.6. The molecule has 2 nitrogen and oxygen atoms in total. The molecular weight excluding hydrogens is 344 g/mol. The highest BCUT2D eigenvalue weighted by molar-refractivity contribution is 5.22. The molecule has 0 amide bonds. The molecular formula is C26H44O2. The Kier molecular flexibility index (Phi) is 11.7. The fourth-order valence-corrected chi connectivity index (χ4v) is 4.17. The lowest BCUT2D eigenvalue weighted by atomic mass is 9.93. The molecule has 1 fully saturated rings. The first kappa shape index (κ1) is 23.3. The summed E-state index contributed by atoms with van der Waals surface area (Å²) in [7, 11) is 0. The summed E-state index contributed by atoms with van der Waals surface area (Å²) < 4.78 is 12.3. The minimum atomic E-state index is -0.0323. The van der Waals surface area contributed by atoms with Gasteiger partial charge in [-0.1, -0.05) is 122 Å². The molecule has 0 radical (unpaired) electrons. The number of ether oxygens (including phenoxy) is 2. The summed E-state index contributed by atoms with van der Waals surface area (Å²) >= 11 is 0. The van der Waals surface area contributed by atoms with Gasteiger partial charge in [0.1, 0.15) is 11.4 Å². The molecule has 1 aliphatic heterocycles. The first-order valence-corrected chi connectivity index (χ1v) is 12.2. The van der Waals surface area contributed by atoms with Crippen LogP contribution in [0.15, 0.2) is 30.3 Å². The minimum absolute atomic E-state index is 0.0112. The maximum absolute atomic E-state index is 6.18. The van der Waals surface area contributed by atoms with Crippen molar-refractivity contribution in [3.63, 3.8) is 0 Å². The number of hydrogen-bond donors (Lipinski definition) is 0. The van der Waals surface area contributed by atoms with E-state index in [0.717, 1.165) is 18.6 Å². The molecule has 0 aromatic heterocycles. The zero-order chi connectivity index (χ0) is 19.9. The van der Waals surface area contributed by atoms with E-state index in [1.165, 1.54) is 89.9 Å². The summed E-state index contributed by atoms with van der Waals surface area (Å²) in [6.07, 6.45) is 21.3. The molecule has 0 spiro atoms. The van der Waals surface area contributed by atoms with Crippen molar-refractivity contribution in [1.29, 1.82) is 0 Å². The normalized spacial score (nSPS) is 17.6. The maximum atomic E-state index is 6.18. The molecule has 0 N–H and O–H groups in total. The van der Waals surface area contributed by atoms with E-state index >= 15 is 0 Å². The highest BCUT2D eigenvalue weighted by atomic mass is 16.8. The first-order chi connectivity index (χ1) is 13.8. The number of hydrogen-bond acceptors (Lipinski definition) is 2. The molecule has 1 aromatic carbocycles. The zero-order valence-corrected chi connectivity index (χ0v) is 18.6. The lowest BCUT2D eigenvalue weighted by Gasteiger charge is -2.13. The topological polar surface area (TPSA) is 21.8 Å². The van der Waals surface area contributed by atoms with E-state index in [4.69, 9.17) is 9.47 Å². The van der Waals surface area contributed by atoms with Crippen LogP contribution in [0.3, 0.4) is 0 Å². The summed E-state index contributed by atoms with van der Waals surface area (Å²) in [5, 5.41) is 0. The molecule has 1 heterocycles. The van der Waals surface area contributed by atoms with E-state index in [9.17, 15) is 0 Å². The Morgan fingerprint density at radius 2 is 1.14 bits per heavy atom. The lowest BCUT2D eigenvalue weighted by Crippen LogP contribution is -2.19. The molecule has 1 saturated heterocycles. The molecule has 1 unspecified atom stereocenters. The van der Waals surface area contributed by atoms with Crippen LogP contribution in [-0.4, -0.2) is 11.9 Å². The van der Waals surface area contributed by atoms with Crippen LogP contribution in [0.1, 0.15) is 117 Å². The van der Waals surface area contributed by atoms with Crippen LogP contribution in [0, 0.1) is 0 Å². The molecule has 1 aliphatic rings. The van der Waals surface area contributed by atoms with Crippen LogP contribution < -0.4 is 4.74 Å². The van der Waals surface area contributed by atoms with Gasteiger partial charge in [-0.15, -0.1) is 0 Å². The SMILES string of the molecule is CCCCCCCCCC1(CCCCCCCCC)OC1Oc1ccccc1. The molecule has 0 bridgehead atoms. The summed E-state index contributed by atoms with van der Waals surface area (Å²) in [6.45, 7) is 4.57. The molecule has 1 atom stereocenters. The van der Waals surface area contributed by atoms with Gasteiger partial charge in [0.25, 0.3) is 0 Å². The van der Waals surface area contributed by atoms with Gasteiger partial charge in [-0.25, -0.2) is 0 Å². The van der Waals surface area contributed by atoms with Gasteiger partial charge >= 0.3 is 0 Å². The van der Waals surface area contributed by atoms with Crippen LogP contribution in [0.4, 0.5) is 0 Å². The maximum Gasteiger partial charge on any atom is 0.230 e. The van der Waals surface area contributed by atoms with Crippen molar-refractivity contribution in [2.75, 3.05) is 0 Å². The van der Waals surface area contributed by atoms with E-state index in [-0.39, 0.29) is 11.9 Å². The van der Waals surface area contributed by atoms with Gasteiger partial charge in [-0.05, 0) is 25.0 Å². The van der Waals surface area contributed by atoms with Crippen LogP contribution >= 0.6 is 0 Å². The molecule has 1 aromatic rings. The van der Waals surface area contributed by atoms with Gasteiger partial charge in [0.05, 0.1) is 0 Å². The highest BCUT2D eigenvalue weighted by Gasteiger charge is 2.57. The molecule has 160 valence electrons. The van der Waals surface area contributed by atoms with Crippen LogP contribution in [0.25, 0.3) is 0 Å².